The van der Waals surface area contributed by atoms with Crippen LogP contribution in [-0.2, 0) is 4.74 Å². The van der Waals surface area contributed by atoms with Crippen LogP contribution in [0.4, 0.5) is 0 Å². The maximum atomic E-state index is 5.83. The van der Waals surface area contributed by atoms with Crippen molar-refractivity contribution in [3.63, 3.8) is 0 Å². The van der Waals surface area contributed by atoms with E-state index in [1.807, 2.05) is 0 Å². The van der Waals surface area contributed by atoms with Gasteiger partial charge < -0.3 is 14.4 Å². The molecule has 1 aliphatic heterocycles. The molecule has 0 aromatic carbocycles. The molecule has 0 aliphatic carbocycles. The summed E-state index contributed by atoms with van der Waals surface area (Å²) in [6.45, 7) is 9.18. The molecule has 0 N–H and O–H groups in total. The first-order chi connectivity index (χ1) is 9.74. The summed E-state index contributed by atoms with van der Waals surface area (Å²) in [7, 11) is 0. The first-order valence-electron chi connectivity index (χ1n) is 7.47. The Hall–Kier alpha value is -1.20. The predicted molar refractivity (Wildman–Crippen MR) is 77.8 cm³/mol. The third-order valence-corrected chi connectivity index (χ3v) is 3.36. The fourth-order valence-corrected chi connectivity index (χ4v) is 2.28. The summed E-state index contributed by atoms with van der Waals surface area (Å²) in [6, 6.07) is 0. The highest BCUT2D eigenvalue weighted by molar-refractivity contribution is 5.02. The quantitative estimate of drug-likeness (QED) is 0.714. The van der Waals surface area contributed by atoms with Gasteiger partial charge >= 0.3 is 0 Å². The van der Waals surface area contributed by atoms with Crippen LogP contribution in [0.3, 0.4) is 0 Å². The standard InChI is InChI=1S/C15H25N3O2/c1-13(2)12-19-10-9-18-7-3-14(4-8-18)20-15-11-16-5-6-17-15/h5-6,11,13-14H,3-4,7-10,12H2,1-2H3. The molecule has 0 amide bonds. The van der Waals surface area contributed by atoms with Gasteiger partial charge in [-0.05, 0) is 18.8 Å². The van der Waals surface area contributed by atoms with E-state index in [1.165, 1.54) is 0 Å². The van der Waals surface area contributed by atoms with Crippen LogP contribution in [0.2, 0.25) is 0 Å². The second-order valence-corrected chi connectivity index (χ2v) is 5.67. The van der Waals surface area contributed by atoms with Crippen molar-refractivity contribution < 1.29 is 9.47 Å². The first kappa shape index (κ1) is 15.2. The lowest BCUT2D eigenvalue weighted by molar-refractivity contribution is 0.0557. The zero-order valence-corrected chi connectivity index (χ0v) is 12.5. The van der Waals surface area contributed by atoms with Crippen LogP contribution in [0.15, 0.2) is 18.6 Å². The van der Waals surface area contributed by atoms with Gasteiger partial charge in [-0.15, -0.1) is 0 Å². The summed E-state index contributed by atoms with van der Waals surface area (Å²) >= 11 is 0. The molecule has 5 heteroatoms. The van der Waals surface area contributed by atoms with E-state index in [0.717, 1.165) is 45.7 Å². The van der Waals surface area contributed by atoms with Crippen LogP contribution < -0.4 is 4.74 Å². The van der Waals surface area contributed by atoms with Crippen LogP contribution in [0, 0.1) is 5.92 Å². The van der Waals surface area contributed by atoms with Crippen LogP contribution in [-0.4, -0.2) is 53.8 Å². The van der Waals surface area contributed by atoms with Crippen LogP contribution >= 0.6 is 0 Å². The number of nitrogens with zero attached hydrogens (tertiary/aromatic N) is 3. The number of ether oxygens (including phenoxy) is 2. The maximum Gasteiger partial charge on any atom is 0.232 e. The lowest BCUT2D eigenvalue weighted by atomic mass is 10.1. The van der Waals surface area contributed by atoms with Gasteiger partial charge in [0.2, 0.25) is 5.88 Å². The third-order valence-electron chi connectivity index (χ3n) is 3.36. The van der Waals surface area contributed by atoms with Crippen molar-refractivity contribution in [1.82, 2.24) is 14.9 Å². The van der Waals surface area contributed by atoms with Gasteiger partial charge in [-0.2, -0.15) is 0 Å². The Bertz CT molecular complexity index is 365. The maximum absolute atomic E-state index is 5.83. The van der Waals surface area contributed by atoms with E-state index in [1.54, 1.807) is 18.6 Å². The Balaban J connectivity index is 1.60. The zero-order chi connectivity index (χ0) is 14.2. The summed E-state index contributed by atoms with van der Waals surface area (Å²) in [5.41, 5.74) is 0. The van der Waals surface area contributed by atoms with Gasteiger partial charge in [0.1, 0.15) is 6.10 Å². The van der Waals surface area contributed by atoms with E-state index in [2.05, 4.69) is 28.7 Å². The number of piperidine rings is 1. The van der Waals surface area contributed by atoms with Gasteiger partial charge in [-0.25, -0.2) is 4.98 Å². The highest BCUT2D eigenvalue weighted by Gasteiger charge is 2.20. The molecule has 0 spiro atoms. The average molecular weight is 279 g/mol. The fraction of sp³-hybridized carbons (Fsp3) is 0.733. The van der Waals surface area contributed by atoms with E-state index in [0.29, 0.717) is 11.8 Å². The Morgan fingerprint density at radius 3 is 2.75 bits per heavy atom. The van der Waals surface area contributed by atoms with Crippen molar-refractivity contribution in [3.8, 4) is 5.88 Å². The van der Waals surface area contributed by atoms with E-state index in [-0.39, 0.29) is 6.10 Å². The van der Waals surface area contributed by atoms with E-state index in [4.69, 9.17) is 9.47 Å². The van der Waals surface area contributed by atoms with Crippen LogP contribution in [0.5, 0.6) is 5.88 Å². The number of likely N-dealkylation sites (tertiary alicyclic amines) is 1. The average Bonchev–Trinajstić information content (AvgIpc) is 2.46. The zero-order valence-electron chi connectivity index (χ0n) is 12.5. The lowest BCUT2D eigenvalue weighted by Gasteiger charge is -2.31. The van der Waals surface area contributed by atoms with Crippen molar-refractivity contribution in [1.29, 1.82) is 0 Å². The van der Waals surface area contributed by atoms with E-state index < -0.39 is 0 Å². The summed E-state index contributed by atoms with van der Waals surface area (Å²) in [4.78, 5) is 10.6. The molecule has 20 heavy (non-hydrogen) atoms. The van der Waals surface area contributed by atoms with Gasteiger partial charge in [0, 0.05) is 38.6 Å². The molecule has 1 fully saturated rings. The lowest BCUT2D eigenvalue weighted by Crippen LogP contribution is -2.40. The molecule has 1 aliphatic rings. The second kappa shape index (κ2) is 8.17. The number of rotatable bonds is 7. The molecular formula is C15H25N3O2. The normalized spacial score (nSPS) is 17.6. The van der Waals surface area contributed by atoms with Gasteiger partial charge in [-0.3, -0.25) is 4.98 Å². The molecule has 1 saturated heterocycles. The number of hydrogen-bond donors (Lipinski definition) is 0. The number of aromatic nitrogens is 2. The molecule has 0 saturated carbocycles. The summed E-state index contributed by atoms with van der Waals surface area (Å²) in [6.07, 6.45) is 7.34. The Labute approximate surface area is 121 Å². The minimum absolute atomic E-state index is 0.263. The monoisotopic (exact) mass is 279 g/mol. The highest BCUT2D eigenvalue weighted by Crippen LogP contribution is 2.16. The van der Waals surface area contributed by atoms with Crippen molar-refractivity contribution in [2.75, 3.05) is 32.8 Å². The molecule has 0 radical (unpaired) electrons. The highest BCUT2D eigenvalue weighted by atomic mass is 16.5. The predicted octanol–water partition coefficient (Wildman–Crippen LogP) is 1.99. The Morgan fingerprint density at radius 2 is 2.10 bits per heavy atom. The van der Waals surface area contributed by atoms with Gasteiger partial charge in [-0.1, -0.05) is 13.8 Å². The first-order valence-corrected chi connectivity index (χ1v) is 7.47. The topological polar surface area (TPSA) is 47.5 Å². The Morgan fingerprint density at radius 1 is 1.30 bits per heavy atom. The summed E-state index contributed by atoms with van der Waals surface area (Å²) < 4.78 is 11.5. The van der Waals surface area contributed by atoms with Gasteiger partial charge in [0.15, 0.2) is 0 Å². The van der Waals surface area contributed by atoms with Crippen molar-refractivity contribution in [2.45, 2.75) is 32.8 Å². The van der Waals surface area contributed by atoms with Crippen molar-refractivity contribution >= 4 is 0 Å². The Kier molecular flexibility index (Phi) is 6.21. The molecule has 112 valence electrons. The minimum atomic E-state index is 0.263. The summed E-state index contributed by atoms with van der Waals surface area (Å²) in [5, 5.41) is 0. The van der Waals surface area contributed by atoms with E-state index in [9.17, 15) is 0 Å². The fourth-order valence-electron chi connectivity index (χ4n) is 2.28. The molecule has 0 bridgehead atoms. The van der Waals surface area contributed by atoms with Crippen LogP contribution in [0.1, 0.15) is 26.7 Å². The number of hydrogen-bond acceptors (Lipinski definition) is 5. The molecule has 0 atom stereocenters. The molecule has 2 heterocycles. The van der Waals surface area contributed by atoms with Gasteiger partial charge in [0.05, 0.1) is 12.8 Å². The largest absolute Gasteiger partial charge is 0.473 e. The molecule has 5 nitrogen and oxygen atoms in total. The molecule has 1 aromatic rings. The molecule has 1 aromatic heterocycles. The van der Waals surface area contributed by atoms with Crippen molar-refractivity contribution in [3.05, 3.63) is 18.6 Å². The van der Waals surface area contributed by atoms with Crippen LogP contribution in [0.25, 0.3) is 0 Å². The molecule has 2 rings (SSSR count). The summed E-state index contributed by atoms with van der Waals surface area (Å²) in [5.74, 6) is 1.24. The third kappa shape index (κ3) is 5.43. The van der Waals surface area contributed by atoms with Gasteiger partial charge in [0.25, 0.3) is 0 Å². The van der Waals surface area contributed by atoms with E-state index >= 15 is 0 Å². The smallest absolute Gasteiger partial charge is 0.232 e. The minimum Gasteiger partial charge on any atom is -0.473 e. The SMILES string of the molecule is CC(C)COCCN1CCC(Oc2cnccn2)CC1. The van der Waals surface area contributed by atoms with Crippen molar-refractivity contribution in [2.24, 2.45) is 5.92 Å². The molecule has 0 unspecified atom stereocenters. The second-order valence-electron chi connectivity index (χ2n) is 5.67. The molecular weight excluding hydrogens is 254 g/mol.